The van der Waals surface area contributed by atoms with E-state index in [-0.39, 0.29) is 29.6 Å². The molecule has 0 bridgehead atoms. The Morgan fingerprint density at radius 3 is 2.89 bits per heavy atom. The van der Waals surface area contributed by atoms with Crippen LogP contribution >= 0.6 is 11.3 Å². The quantitative estimate of drug-likeness (QED) is 0.467. The van der Waals surface area contributed by atoms with E-state index in [2.05, 4.69) is 15.2 Å². The third-order valence-corrected chi connectivity index (χ3v) is 5.13. The minimum atomic E-state index is -0.382. The number of hydrogen-bond acceptors (Lipinski definition) is 6. The van der Waals surface area contributed by atoms with E-state index in [9.17, 15) is 9.18 Å². The van der Waals surface area contributed by atoms with E-state index >= 15 is 0 Å². The molecule has 0 spiro atoms. The number of fused-ring (bicyclic) bond motifs is 1. The van der Waals surface area contributed by atoms with Gasteiger partial charge < -0.3 is 9.09 Å². The molecule has 9 heteroatoms. The summed E-state index contributed by atoms with van der Waals surface area (Å²) in [6, 6.07) is 11.6. The lowest BCUT2D eigenvalue weighted by atomic mass is 10.2. The van der Waals surface area contributed by atoms with Crippen molar-refractivity contribution in [3.05, 3.63) is 82.3 Å². The number of thiophene rings is 1. The molecule has 0 fully saturated rings. The molecule has 0 saturated carbocycles. The SMILES string of the molecule is O=c1c2cc(-c3cccs3)nn2ccn1Cc1nc(-c2cccc(F)c2)no1. The lowest BCUT2D eigenvalue weighted by Gasteiger charge is -2.01. The Hall–Kier alpha value is -3.59. The third-order valence-electron chi connectivity index (χ3n) is 4.23. The molecule has 0 radical (unpaired) electrons. The van der Waals surface area contributed by atoms with Crippen LogP contribution in [0.3, 0.4) is 0 Å². The standard InChI is InChI=1S/C19H12FN5O2S/c20-13-4-1-3-12(9-13)18-21-17(27-23-18)11-24-6-7-25-15(19(24)26)10-14(22-25)16-5-2-8-28-16/h1-10H,11H2. The van der Waals surface area contributed by atoms with Gasteiger partial charge in [0.15, 0.2) is 0 Å². The first-order valence-electron chi connectivity index (χ1n) is 8.38. The summed E-state index contributed by atoms with van der Waals surface area (Å²) in [5.74, 6) is 0.143. The van der Waals surface area contributed by atoms with Crippen molar-refractivity contribution in [1.82, 2.24) is 24.3 Å². The van der Waals surface area contributed by atoms with Gasteiger partial charge in [-0.1, -0.05) is 23.4 Å². The van der Waals surface area contributed by atoms with Crippen LogP contribution < -0.4 is 5.56 Å². The highest BCUT2D eigenvalue weighted by Crippen LogP contribution is 2.23. The van der Waals surface area contributed by atoms with E-state index in [0.29, 0.717) is 11.1 Å². The highest BCUT2D eigenvalue weighted by atomic mass is 32.1. The van der Waals surface area contributed by atoms with Gasteiger partial charge in [-0.2, -0.15) is 10.1 Å². The lowest BCUT2D eigenvalue weighted by Crippen LogP contribution is -2.21. The molecule has 138 valence electrons. The zero-order valence-corrected chi connectivity index (χ0v) is 15.1. The van der Waals surface area contributed by atoms with Gasteiger partial charge in [0, 0.05) is 18.0 Å². The molecule has 0 aliphatic rings. The Morgan fingerprint density at radius 1 is 1.14 bits per heavy atom. The van der Waals surface area contributed by atoms with Crippen LogP contribution in [0.25, 0.3) is 27.5 Å². The maximum atomic E-state index is 13.4. The fourth-order valence-corrected chi connectivity index (χ4v) is 3.59. The van der Waals surface area contributed by atoms with Crippen LogP contribution in [0.1, 0.15) is 5.89 Å². The smallest absolute Gasteiger partial charge is 0.277 e. The van der Waals surface area contributed by atoms with Crippen LogP contribution in [0.2, 0.25) is 0 Å². The van der Waals surface area contributed by atoms with Gasteiger partial charge in [0.05, 0.1) is 4.88 Å². The maximum absolute atomic E-state index is 13.4. The molecule has 4 heterocycles. The van der Waals surface area contributed by atoms with Crippen molar-refractivity contribution < 1.29 is 8.91 Å². The lowest BCUT2D eigenvalue weighted by molar-refractivity contribution is 0.370. The molecule has 5 rings (SSSR count). The van der Waals surface area contributed by atoms with E-state index in [1.807, 2.05) is 17.5 Å². The summed E-state index contributed by atoms with van der Waals surface area (Å²) in [6.07, 6.45) is 3.32. The highest BCUT2D eigenvalue weighted by molar-refractivity contribution is 7.13. The van der Waals surface area contributed by atoms with Gasteiger partial charge >= 0.3 is 0 Å². The van der Waals surface area contributed by atoms with Gasteiger partial charge in [-0.05, 0) is 29.6 Å². The van der Waals surface area contributed by atoms with Crippen LogP contribution in [0, 0.1) is 5.82 Å². The summed E-state index contributed by atoms with van der Waals surface area (Å²) in [6.45, 7) is 0.108. The van der Waals surface area contributed by atoms with Gasteiger partial charge in [-0.15, -0.1) is 11.3 Å². The van der Waals surface area contributed by atoms with Gasteiger partial charge in [-0.25, -0.2) is 8.91 Å². The monoisotopic (exact) mass is 393 g/mol. The molecule has 0 unspecified atom stereocenters. The summed E-state index contributed by atoms with van der Waals surface area (Å²) in [4.78, 5) is 18.1. The third kappa shape index (κ3) is 2.91. The van der Waals surface area contributed by atoms with Crippen molar-refractivity contribution in [2.75, 3.05) is 0 Å². The number of halogens is 1. The Morgan fingerprint density at radius 2 is 2.07 bits per heavy atom. The van der Waals surface area contributed by atoms with E-state index < -0.39 is 0 Å². The Balaban J connectivity index is 1.47. The molecule has 4 aromatic heterocycles. The predicted octanol–water partition coefficient (Wildman–Crippen LogP) is 3.46. The highest BCUT2D eigenvalue weighted by Gasteiger charge is 2.13. The van der Waals surface area contributed by atoms with Crippen LogP contribution in [0.5, 0.6) is 0 Å². The Kier molecular flexibility index (Phi) is 3.87. The summed E-state index contributed by atoms with van der Waals surface area (Å²) < 4.78 is 21.6. The second-order valence-electron chi connectivity index (χ2n) is 6.09. The van der Waals surface area contributed by atoms with Crippen molar-refractivity contribution in [2.45, 2.75) is 6.54 Å². The molecular formula is C19H12FN5O2S. The molecule has 1 aromatic carbocycles. The number of aromatic nitrogens is 5. The van der Waals surface area contributed by atoms with Gasteiger partial charge in [-0.3, -0.25) is 4.79 Å². The summed E-state index contributed by atoms with van der Waals surface area (Å²) in [5.41, 5.74) is 1.49. The molecule has 0 aliphatic heterocycles. The summed E-state index contributed by atoms with van der Waals surface area (Å²) in [5, 5.41) is 10.3. The fourth-order valence-electron chi connectivity index (χ4n) is 2.91. The van der Waals surface area contributed by atoms with E-state index in [4.69, 9.17) is 4.52 Å². The second-order valence-corrected chi connectivity index (χ2v) is 7.04. The van der Waals surface area contributed by atoms with E-state index in [1.54, 1.807) is 46.4 Å². The average molecular weight is 393 g/mol. The average Bonchev–Trinajstić information content (AvgIpc) is 3.44. The number of rotatable bonds is 4. The van der Waals surface area contributed by atoms with Crippen molar-refractivity contribution >= 4 is 16.9 Å². The van der Waals surface area contributed by atoms with Crippen molar-refractivity contribution in [3.8, 4) is 22.0 Å². The molecule has 7 nitrogen and oxygen atoms in total. The minimum Gasteiger partial charge on any atom is -0.337 e. The number of hydrogen-bond donors (Lipinski definition) is 0. The molecule has 0 N–H and O–H groups in total. The zero-order valence-electron chi connectivity index (χ0n) is 14.3. The minimum absolute atomic E-state index is 0.108. The van der Waals surface area contributed by atoms with Gasteiger partial charge in [0.25, 0.3) is 5.56 Å². The molecule has 0 atom stereocenters. The molecule has 0 saturated heterocycles. The first-order chi connectivity index (χ1) is 13.7. The normalized spacial score (nSPS) is 11.3. The summed E-state index contributed by atoms with van der Waals surface area (Å²) in [7, 11) is 0. The number of benzene rings is 1. The Labute approximate surface area is 161 Å². The fraction of sp³-hybridized carbons (Fsp3) is 0.0526. The van der Waals surface area contributed by atoms with Crippen molar-refractivity contribution in [2.24, 2.45) is 0 Å². The molecule has 0 amide bonds. The predicted molar refractivity (Wildman–Crippen MR) is 102 cm³/mol. The van der Waals surface area contributed by atoms with Crippen LogP contribution in [0.4, 0.5) is 4.39 Å². The molecule has 28 heavy (non-hydrogen) atoms. The van der Waals surface area contributed by atoms with E-state index in [1.165, 1.54) is 16.7 Å². The topological polar surface area (TPSA) is 78.2 Å². The maximum Gasteiger partial charge on any atom is 0.277 e. The van der Waals surface area contributed by atoms with Gasteiger partial charge in [0.1, 0.15) is 23.6 Å². The second kappa shape index (κ2) is 6.54. The van der Waals surface area contributed by atoms with Crippen LogP contribution in [-0.4, -0.2) is 24.3 Å². The zero-order chi connectivity index (χ0) is 19.1. The first kappa shape index (κ1) is 16.6. The van der Waals surface area contributed by atoms with Crippen molar-refractivity contribution in [3.63, 3.8) is 0 Å². The van der Waals surface area contributed by atoms with Crippen LogP contribution in [0.15, 0.2) is 69.6 Å². The largest absolute Gasteiger partial charge is 0.337 e. The Bertz CT molecular complexity index is 1340. The first-order valence-corrected chi connectivity index (χ1v) is 9.26. The van der Waals surface area contributed by atoms with Crippen molar-refractivity contribution in [1.29, 1.82) is 0 Å². The molecular weight excluding hydrogens is 381 g/mol. The summed E-state index contributed by atoms with van der Waals surface area (Å²) >= 11 is 1.56. The molecule has 5 aromatic rings. The van der Waals surface area contributed by atoms with Crippen LogP contribution in [-0.2, 0) is 6.54 Å². The number of nitrogens with zero attached hydrogens (tertiary/aromatic N) is 5. The van der Waals surface area contributed by atoms with E-state index in [0.717, 1.165) is 10.6 Å². The molecule has 0 aliphatic carbocycles. The van der Waals surface area contributed by atoms with Gasteiger partial charge in [0.2, 0.25) is 11.7 Å².